The molecule has 156 valence electrons. The van der Waals surface area contributed by atoms with E-state index < -0.39 is 10.0 Å². The van der Waals surface area contributed by atoms with Gasteiger partial charge in [0.25, 0.3) is 0 Å². The quantitative estimate of drug-likeness (QED) is 0.218. The molecule has 0 bridgehead atoms. The number of sulfonamides is 1. The van der Waals surface area contributed by atoms with E-state index in [-0.39, 0.29) is 24.0 Å². The van der Waals surface area contributed by atoms with Crippen molar-refractivity contribution in [1.29, 1.82) is 0 Å². The zero-order chi connectivity index (χ0) is 19.6. The minimum atomic E-state index is -3.48. The average molecular weight is 512 g/mol. The van der Waals surface area contributed by atoms with E-state index in [1.165, 1.54) is 18.4 Å². The predicted molar refractivity (Wildman–Crippen MR) is 121 cm³/mol. The van der Waals surface area contributed by atoms with Crippen LogP contribution in [0.5, 0.6) is 0 Å². The van der Waals surface area contributed by atoms with Crippen molar-refractivity contribution in [3.05, 3.63) is 29.8 Å². The number of halogens is 1. The minimum absolute atomic E-state index is 0. The fraction of sp³-hybridized carbons (Fsp3) is 0.611. The number of guanidine groups is 1. The molecule has 0 amide bonds. The van der Waals surface area contributed by atoms with Gasteiger partial charge in [-0.2, -0.15) is 0 Å². The third kappa shape index (κ3) is 9.22. The van der Waals surface area contributed by atoms with Crippen molar-refractivity contribution in [3.63, 3.8) is 0 Å². The first-order valence-corrected chi connectivity index (χ1v) is 10.3. The van der Waals surface area contributed by atoms with Crippen molar-refractivity contribution < 1.29 is 13.2 Å². The molecule has 0 unspecified atom stereocenters. The second kappa shape index (κ2) is 13.3. The van der Waals surface area contributed by atoms with E-state index in [2.05, 4.69) is 29.5 Å². The van der Waals surface area contributed by atoms with Gasteiger partial charge in [0.15, 0.2) is 5.96 Å². The normalized spacial score (nSPS) is 12.2. The van der Waals surface area contributed by atoms with Gasteiger partial charge in [0, 0.05) is 47.4 Å². The standard InChI is InChI=1S/C18H32N4O3S.HI/c1-15(2)14-25-12-8-11-20-18(19-3)21-13-16-9-6-7-10-17(16)26(23,24)22(4)5;/h6-7,9-10,15H,8,11-14H2,1-5H3,(H2,19,20,21);1H. The van der Waals surface area contributed by atoms with Crippen molar-refractivity contribution in [2.75, 3.05) is 40.9 Å². The lowest BCUT2D eigenvalue weighted by Gasteiger charge is -2.17. The van der Waals surface area contributed by atoms with Gasteiger partial charge in [0.2, 0.25) is 10.0 Å². The summed E-state index contributed by atoms with van der Waals surface area (Å²) in [6.07, 6.45) is 0.874. The first kappa shape index (κ1) is 26.1. The maximum Gasteiger partial charge on any atom is 0.242 e. The van der Waals surface area contributed by atoms with Gasteiger partial charge in [-0.15, -0.1) is 24.0 Å². The Balaban J connectivity index is 0.00000676. The summed E-state index contributed by atoms with van der Waals surface area (Å²) in [6, 6.07) is 6.98. The number of hydrogen-bond donors (Lipinski definition) is 2. The van der Waals surface area contributed by atoms with Crippen molar-refractivity contribution >= 4 is 40.0 Å². The van der Waals surface area contributed by atoms with Crippen LogP contribution in [0.15, 0.2) is 34.2 Å². The molecule has 2 N–H and O–H groups in total. The Labute approximate surface area is 181 Å². The van der Waals surface area contributed by atoms with E-state index in [0.717, 1.165) is 19.6 Å². The third-order valence-corrected chi connectivity index (χ3v) is 5.53. The van der Waals surface area contributed by atoms with Crippen molar-refractivity contribution in [3.8, 4) is 0 Å². The Morgan fingerprint density at radius 2 is 1.89 bits per heavy atom. The first-order chi connectivity index (χ1) is 12.3. The molecule has 0 fully saturated rings. The maximum atomic E-state index is 12.4. The first-order valence-electron chi connectivity index (χ1n) is 8.81. The van der Waals surface area contributed by atoms with E-state index >= 15 is 0 Å². The smallest absolute Gasteiger partial charge is 0.242 e. The number of rotatable bonds is 10. The van der Waals surface area contributed by atoms with Crippen LogP contribution in [0, 0.1) is 5.92 Å². The van der Waals surface area contributed by atoms with Gasteiger partial charge in [0.05, 0.1) is 4.90 Å². The number of nitrogens with zero attached hydrogens (tertiary/aromatic N) is 2. The molecule has 9 heteroatoms. The Kier molecular flexibility index (Phi) is 12.8. The van der Waals surface area contributed by atoms with Gasteiger partial charge in [-0.05, 0) is 24.0 Å². The van der Waals surface area contributed by atoms with Gasteiger partial charge in [-0.25, -0.2) is 12.7 Å². The average Bonchev–Trinajstić information content (AvgIpc) is 2.60. The predicted octanol–water partition coefficient (Wildman–Crippen LogP) is 2.28. The summed E-state index contributed by atoms with van der Waals surface area (Å²) in [5.74, 6) is 1.17. The molecule has 0 spiro atoms. The van der Waals surface area contributed by atoms with E-state index in [1.807, 2.05) is 6.07 Å². The Hall–Kier alpha value is -0.910. The number of ether oxygens (including phenoxy) is 1. The van der Waals surface area contributed by atoms with E-state index in [4.69, 9.17) is 4.74 Å². The molecule has 1 rings (SSSR count). The highest BCUT2D eigenvalue weighted by Crippen LogP contribution is 2.18. The Morgan fingerprint density at radius 3 is 2.48 bits per heavy atom. The minimum Gasteiger partial charge on any atom is -0.381 e. The molecule has 1 aromatic rings. The van der Waals surface area contributed by atoms with Crippen LogP contribution in [0.25, 0.3) is 0 Å². The monoisotopic (exact) mass is 512 g/mol. The number of hydrogen-bond acceptors (Lipinski definition) is 4. The zero-order valence-electron chi connectivity index (χ0n) is 16.9. The Bertz CT molecular complexity index is 679. The molecule has 0 radical (unpaired) electrons. The fourth-order valence-electron chi connectivity index (χ4n) is 2.20. The zero-order valence-corrected chi connectivity index (χ0v) is 20.0. The summed E-state index contributed by atoms with van der Waals surface area (Å²) in [5, 5.41) is 6.37. The molecule has 1 aromatic carbocycles. The second-order valence-corrected chi connectivity index (χ2v) is 8.69. The van der Waals surface area contributed by atoms with Gasteiger partial charge in [-0.1, -0.05) is 32.0 Å². The van der Waals surface area contributed by atoms with E-state index in [0.29, 0.717) is 35.5 Å². The molecule has 7 nitrogen and oxygen atoms in total. The van der Waals surface area contributed by atoms with Gasteiger partial charge in [0.1, 0.15) is 0 Å². The highest BCUT2D eigenvalue weighted by atomic mass is 127. The van der Waals surface area contributed by atoms with Crippen LogP contribution < -0.4 is 10.6 Å². The van der Waals surface area contributed by atoms with Gasteiger partial charge >= 0.3 is 0 Å². The molecule has 27 heavy (non-hydrogen) atoms. The van der Waals surface area contributed by atoms with Crippen LogP contribution in [-0.2, 0) is 21.3 Å². The van der Waals surface area contributed by atoms with Gasteiger partial charge in [-0.3, -0.25) is 4.99 Å². The van der Waals surface area contributed by atoms with Crippen LogP contribution in [0.3, 0.4) is 0 Å². The SMILES string of the molecule is CN=C(NCCCOCC(C)C)NCc1ccccc1S(=O)(=O)N(C)C.I. The number of benzene rings is 1. The second-order valence-electron chi connectivity index (χ2n) is 6.57. The summed E-state index contributed by atoms with van der Waals surface area (Å²) < 4.78 is 31.6. The highest BCUT2D eigenvalue weighted by Gasteiger charge is 2.20. The van der Waals surface area contributed by atoms with Crippen LogP contribution in [0.4, 0.5) is 0 Å². The van der Waals surface area contributed by atoms with Crippen molar-refractivity contribution in [1.82, 2.24) is 14.9 Å². The molecule has 0 aliphatic rings. The maximum absolute atomic E-state index is 12.4. The van der Waals surface area contributed by atoms with Gasteiger partial charge < -0.3 is 15.4 Å². The van der Waals surface area contributed by atoms with Crippen LogP contribution >= 0.6 is 24.0 Å². The molecule has 0 aliphatic heterocycles. The highest BCUT2D eigenvalue weighted by molar-refractivity contribution is 14.0. The molecule has 0 atom stereocenters. The molecule has 0 aromatic heterocycles. The van der Waals surface area contributed by atoms with Crippen LogP contribution in [0.2, 0.25) is 0 Å². The molecule has 0 heterocycles. The van der Waals surface area contributed by atoms with E-state index in [9.17, 15) is 8.42 Å². The summed E-state index contributed by atoms with van der Waals surface area (Å²) in [7, 11) is 1.27. The summed E-state index contributed by atoms with van der Waals surface area (Å²) in [5.41, 5.74) is 0.699. The number of nitrogens with one attached hydrogen (secondary N) is 2. The topological polar surface area (TPSA) is 83.0 Å². The molecular formula is C18H33IN4O3S. The lowest BCUT2D eigenvalue weighted by molar-refractivity contribution is 0.108. The Morgan fingerprint density at radius 1 is 1.22 bits per heavy atom. The summed E-state index contributed by atoms with van der Waals surface area (Å²) in [4.78, 5) is 4.47. The molecule has 0 saturated heterocycles. The molecule has 0 saturated carbocycles. The lowest BCUT2D eigenvalue weighted by atomic mass is 10.2. The van der Waals surface area contributed by atoms with Crippen molar-refractivity contribution in [2.45, 2.75) is 31.7 Å². The molecule has 0 aliphatic carbocycles. The largest absolute Gasteiger partial charge is 0.381 e. The van der Waals surface area contributed by atoms with Crippen LogP contribution in [-0.4, -0.2) is 59.6 Å². The number of aliphatic imine (C=N–C) groups is 1. The third-order valence-electron chi connectivity index (χ3n) is 3.61. The fourth-order valence-corrected chi connectivity index (χ4v) is 3.31. The lowest BCUT2D eigenvalue weighted by Crippen LogP contribution is -2.38. The van der Waals surface area contributed by atoms with Crippen LogP contribution in [0.1, 0.15) is 25.8 Å². The summed E-state index contributed by atoms with van der Waals surface area (Å²) in [6.45, 7) is 6.81. The van der Waals surface area contributed by atoms with Crippen molar-refractivity contribution in [2.24, 2.45) is 10.9 Å². The summed E-state index contributed by atoms with van der Waals surface area (Å²) >= 11 is 0. The molecular weight excluding hydrogens is 479 g/mol. The van der Waals surface area contributed by atoms with E-state index in [1.54, 1.807) is 25.2 Å².